The zero-order valence-corrected chi connectivity index (χ0v) is 12.4. The molecule has 0 aromatic heterocycles. The van der Waals surface area contributed by atoms with E-state index in [2.05, 4.69) is 62.9 Å². The summed E-state index contributed by atoms with van der Waals surface area (Å²) in [5.41, 5.74) is 8.52. The van der Waals surface area contributed by atoms with Crippen molar-refractivity contribution in [2.45, 2.75) is 39.0 Å². The molecule has 102 valence electrons. The number of rotatable bonds is 4. The summed E-state index contributed by atoms with van der Waals surface area (Å²) in [7, 11) is 0. The van der Waals surface area contributed by atoms with E-state index >= 15 is 0 Å². The molecule has 0 spiro atoms. The van der Waals surface area contributed by atoms with Crippen molar-refractivity contribution in [1.82, 2.24) is 0 Å². The van der Waals surface area contributed by atoms with Crippen molar-refractivity contribution in [3.8, 4) is 11.1 Å². The van der Waals surface area contributed by atoms with Crippen LogP contribution in [0.1, 0.15) is 48.8 Å². The maximum atomic E-state index is 4.28. The molecule has 0 radical (unpaired) electrons. The molecule has 0 bridgehead atoms. The van der Waals surface area contributed by atoms with Gasteiger partial charge in [-0.05, 0) is 42.0 Å². The monoisotopic (exact) mass is 262 g/mol. The highest BCUT2D eigenvalue weighted by Gasteiger charge is 2.28. The zero-order valence-electron chi connectivity index (χ0n) is 12.4. The number of allylic oxidation sites excluding steroid dienone is 1. The molecule has 0 fully saturated rings. The summed E-state index contributed by atoms with van der Waals surface area (Å²) < 4.78 is 0. The third kappa shape index (κ3) is 2.20. The molecule has 0 amide bonds. The average molecular weight is 262 g/mol. The number of hydrogen-bond acceptors (Lipinski definition) is 0. The normalized spacial score (nSPS) is 15.8. The average Bonchev–Trinajstić information content (AvgIpc) is 2.73. The van der Waals surface area contributed by atoms with Crippen LogP contribution in [0.5, 0.6) is 0 Å². The van der Waals surface area contributed by atoms with Crippen molar-refractivity contribution in [3.05, 3.63) is 71.3 Å². The summed E-state index contributed by atoms with van der Waals surface area (Å²) >= 11 is 0. The minimum Gasteiger partial charge on any atom is -0.0998 e. The largest absolute Gasteiger partial charge is 0.0998 e. The van der Waals surface area contributed by atoms with E-state index in [1.54, 1.807) is 0 Å². The Morgan fingerprint density at radius 2 is 1.80 bits per heavy atom. The van der Waals surface area contributed by atoms with Gasteiger partial charge in [0.1, 0.15) is 0 Å². The molecule has 1 atom stereocenters. The molecule has 0 heteroatoms. The van der Waals surface area contributed by atoms with E-state index in [9.17, 15) is 0 Å². The summed E-state index contributed by atoms with van der Waals surface area (Å²) in [6.45, 7) is 8.69. The Morgan fingerprint density at radius 3 is 2.60 bits per heavy atom. The lowest BCUT2D eigenvalue weighted by Crippen LogP contribution is -1.99. The zero-order chi connectivity index (χ0) is 14.1. The summed E-state index contributed by atoms with van der Waals surface area (Å²) in [6.07, 6.45) is 3.41. The topological polar surface area (TPSA) is 0 Å². The minimum atomic E-state index is 0.500. The maximum Gasteiger partial charge on any atom is 0.0139 e. The quantitative estimate of drug-likeness (QED) is 0.606. The van der Waals surface area contributed by atoms with Crippen LogP contribution in [0.4, 0.5) is 0 Å². The lowest BCUT2D eigenvalue weighted by molar-refractivity contribution is 0.759. The van der Waals surface area contributed by atoms with Gasteiger partial charge in [-0.15, -0.1) is 0 Å². The Hall–Kier alpha value is -1.82. The fraction of sp³-hybridized carbons (Fsp3) is 0.300. The van der Waals surface area contributed by atoms with E-state index < -0.39 is 0 Å². The van der Waals surface area contributed by atoms with Crippen LogP contribution in [0.3, 0.4) is 0 Å². The van der Waals surface area contributed by atoms with Crippen LogP contribution in [0.2, 0.25) is 0 Å². The van der Waals surface area contributed by atoms with Crippen molar-refractivity contribution in [2.24, 2.45) is 0 Å². The van der Waals surface area contributed by atoms with E-state index in [1.807, 2.05) is 0 Å². The molecule has 0 saturated heterocycles. The standard InChI is InChI=1S/C20H22/c1-4-7-14(2)12-19-17-9-6-5-8-16(17)18-11-10-15(3)13-20(18)19/h5-6,8-11,13,19H,2,4,7,12H2,1,3H3. The molecule has 2 aromatic carbocycles. The van der Waals surface area contributed by atoms with Crippen LogP contribution >= 0.6 is 0 Å². The molecule has 1 aliphatic carbocycles. The summed E-state index contributed by atoms with van der Waals surface area (Å²) in [5, 5.41) is 0. The summed E-state index contributed by atoms with van der Waals surface area (Å²) in [4.78, 5) is 0. The van der Waals surface area contributed by atoms with E-state index in [0.29, 0.717) is 5.92 Å². The number of hydrogen-bond donors (Lipinski definition) is 0. The molecule has 0 heterocycles. The van der Waals surface area contributed by atoms with Gasteiger partial charge in [-0.3, -0.25) is 0 Å². The Bertz CT molecular complexity index is 649. The second kappa shape index (κ2) is 5.28. The van der Waals surface area contributed by atoms with Gasteiger partial charge in [0.2, 0.25) is 0 Å². The SMILES string of the molecule is C=C(CCC)CC1c2ccccc2-c2ccc(C)cc21. The predicted molar refractivity (Wildman–Crippen MR) is 87.1 cm³/mol. The summed E-state index contributed by atoms with van der Waals surface area (Å²) in [5.74, 6) is 0.500. The van der Waals surface area contributed by atoms with Crippen molar-refractivity contribution in [1.29, 1.82) is 0 Å². The van der Waals surface area contributed by atoms with E-state index in [4.69, 9.17) is 0 Å². The lowest BCUT2D eigenvalue weighted by Gasteiger charge is -2.15. The first kappa shape index (κ1) is 13.2. The van der Waals surface area contributed by atoms with Crippen LogP contribution in [0.25, 0.3) is 11.1 Å². The fourth-order valence-electron chi connectivity index (χ4n) is 3.39. The van der Waals surface area contributed by atoms with Gasteiger partial charge < -0.3 is 0 Å². The van der Waals surface area contributed by atoms with Crippen LogP contribution in [-0.2, 0) is 0 Å². The first-order valence-electron chi connectivity index (χ1n) is 7.57. The van der Waals surface area contributed by atoms with Crippen molar-refractivity contribution in [3.63, 3.8) is 0 Å². The molecule has 3 rings (SSSR count). The first-order chi connectivity index (χ1) is 9.70. The van der Waals surface area contributed by atoms with Crippen molar-refractivity contribution in [2.75, 3.05) is 0 Å². The fourth-order valence-corrected chi connectivity index (χ4v) is 3.39. The Morgan fingerprint density at radius 1 is 1.05 bits per heavy atom. The van der Waals surface area contributed by atoms with Gasteiger partial charge in [-0.2, -0.15) is 0 Å². The third-order valence-corrected chi connectivity index (χ3v) is 4.31. The number of aryl methyl sites for hydroxylation is 1. The Balaban J connectivity index is 2.05. The number of benzene rings is 2. The van der Waals surface area contributed by atoms with Crippen LogP contribution in [-0.4, -0.2) is 0 Å². The van der Waals surface area contributed by atoms with E-state index in [0.717, 1.165) is 12.8 Å². The molecule has 0 saturated carbocycles. The molecule has 0 aliphatic heterocycles. The predicted octanol–water partition coefficient (Wildman–Crippen LogP) is 5.85. The second-order valence-electron chi connectivity index (χ2n) is 5.93. The molecule has 20 heavy (non-hydrogen) atoms. The molecule has 2 aromatic rings. The molecular weight excluding hydrogens is 240 g/mol. The summed E-state index contributed by atoms with van der Waals surface area (Å²) in [6, 6.07) is 15.7. The van der Waals surface area contributed by atoms with Gasteiger partial charge in [-0.25, -0.2) is 0 Å². The highest BCUT2D eigenvalue weighted by atomic mass is 14.3. The number of fused-ring (bicyclic) bond motifs is 3. The first-order valence-corrected chi connectivity index (χ1v) is 7.57. The van der Waals surface area contributed by atoms with Crippen LogP contribution in [0, 0.1) is 6.92 Å². The van der Waals surface area contributed by atoms with Gasteiger partial charge >= 0.3 is 0 Å². The van der Waals surface area contributed by atoms with Crippen molar-refractivity contribution >= 4 is 0 Å². The van der Waals surface area contributed by atoms with Gasteiger partial charge in [0, 0.05) is 5.92 Å². The molecule has 1 unspecified atom stereocenters. The van der Waals surface area contributed by atoms with Crippen LogP contribution in [0.15, 0.2) is 54.6 Å². The smallest absolute Gasteiger partial charge is 0.0139 e. The molecule has 0 N–H and O–H groups in total. The molecule has 0 nitrogen and oxygen atoms in total. The van der Waals surface area contributed by atoms with Gasteiger partial charge in [0.15, 0.2) is 0 Å². The van der Waals surface area contributed by atoms with E-state index in [1.165, 1.54) is 39.8 Å². The van der Waals surface area contributed by atoms with Gasteiger partial charge in [-0.1, -0.05) is 73.5 Å². The molecular formula is C20H22. The van der Waals surface area contributed by atoms with Crippen LogP contribution < -0.4 is 0 Å². The van der Waals surface area contributed by atoms with Crippen molar-refractivity contribution < 1.29 is 0 Å². The maximum absolute atomic E-state index is 4.28. The Kier molecular flexibility index (Phi) is 3.48. The highest BCUT2D eigenvalue weighted by molar-refractivity contribution is 5.79. The second-order valence-corrected chi connectivity index (χ2v) is 5.93. The minimum absolute atomic E-state index is 0.500. The highest BCUT2D eigenvalue weighted by Crippen LogP contribution is 2.47. The van der Waals surface area contributed by atoms with E-state index in [-0.39, 0.29) is 0 Å². The molecule has 1 aliphatic rings. The van der Waals surface area contributed by atoms with Gasteiger partial charge in [0.05, 0.1) is 0 Å². The third-order valence-electron chi connectivity index (χ3n) is 4.31. The lowest BCUT2D eigenvalue weighted by atomic mass is 9.89. The van der Waals surface area contributed by atoms with Gasteiger partial charge in [0.25, 0.3) is 0 Å². The Labute approximate surface area is 122 Å².